The van der Waals surface area contributed by atoms with E-state index in [1.807, 2.05) is 0 Å². The van der Waals surface area contributed by atoms with Gasteiger partial charge in [-0.25, -0.2) is 4.79 Å². The Bertz CT molecular complexity index is 704. The summed E-state index contributed by atoms with van der Waals surface area (Å²) in [7, 11) is 0. The maximum absolute atomic E-state index is 12.8. The molecule has 0 spiro atoms. The van der Waals surface area contributed by atoms with Gasteiger partial charge in [0.2, 0.25) is 0 Å². The Morgan fingerprint density at radius 1 is 1.05 bits per heavy atom. The highest BCUT2D eigenvalue weighted by Gasteiger charge is 2.38. The van der Waals surface area contributed by atoms with Gasteiger partial charge in [-0.05, 0) is 24.3 Å². The van der Waals surface area contributed by atoms with Crippen molar-refractivity contribution < 1.29 is 23.6 Å². The van der Waals surface area contributed by atoms with Crippen LogP contribution in [0.2, 0.25) is 0 Å². The first-order valence-electron chi connectivity index (χ1n) is 5.53. The predicted molar refractivity (Wildman–Crippen MR) is 66.6 cm³/mol. The van der Waals surface area contributed by atoms with E-state index in [0.717, 1.165) is 6.07 Å². The van der Waals surface area contributed by atoms with Crippen LogP contribution in [0.15, 0.2) is 36.4 Å². The van der Waals surface area contributed by atoms with E-state index in [2.05, 4.69) is 0 Å². The van der Waals surface area contributed by atoms with Crippen molar-refractivity contribution in [3.8, 4) is 0 Å². The number of hydrogen-bond acceptors (Lipinski definition) is 5. The van der Waals surface area contributed by atoms with E-state index in [1.165, 1.54) is 18.2 Å². The molecule has 0 fully saturated rings. The SMILES string of the molecule is O=C(ON1C(=O)c2ccccc2C1=O)c1ccc(F)s1. The fraction of sp³-hybridized carbons (Fsp3) is 0. The van der Waals surface area contributed by atoms with E-state index in [9.17, 15) is 18.8 Å². The molecule has 7 heteroatoms. The van der Waals surface area contributed by atoms with Crippen LogP contribution >= 0.6 is 11.3 Å². The molecule has 2 heterocycles. The fourth-order valence-corrected chi connectivity index (χ4v) is 2.40. The van der Waals surface area contributed by atoms with Crippen molar-refractivity contribution in [3.05, 3.63) is 57.5 Å². The molecule has 1 aromatic heterocycles. The number of benzene rings is 1. The lowest BCUT2D eigenvalue weighted by atomic mass is 10.1. The van der Waals surface area contributed by atoms with Crippen LogP contribution in [0.1, 0.15) is 30.4 Å². The van der Waals surface area contributed by atoms with E-state index in [1.54, 1.807) is 12.1 Å². The van der Waals surface area contributed by atoms with Crippen LogP contribution in [0.25, 0.3) is 0 Å². The molecule has 0 saturated carbocycles. The molecule has 100 valence electrons. The molecular weight excluding hydrogens is 285 g/mol. The van der Waals surface area contributed by atoms with Crippen LogP contribution in [-0.2, 0) is 4.84 Å². The number of thiophene rings is 1. The molecule has 5 nitrogen and oxygen atoms in total. The van der Waals surface area contributed by atoms with Gasteiger partial charge in [0.1, 0.15) is 4.88 Å². The third-order valence-corrected chi connectivity index (χ3v) is 3.56. The van der Waals surface area contributed by atoms with Crippen molar-refractivity contribution in [2.24, 2.45) is 0 Å². The minimum atomic E-state index is -0.951. The number of hydroxylamine groups is 2. The van der Waals surface area contributed by atoms with Crippen molar-refractivity contribution in [1.29, 1.82) is 0 Å². The number of fused-ring (bicyclic) bond motifs is 1. The monoisotopic (exact) mass is 291 g/mol. The zero-order valence-corrected chi connectivity index (χ0v) is 10.6. The fourth-order valence-electron chi connectivity index (χ4n) is 1.80. The summed E-state index contributed by atoms with van der Waals surface area (Å²) in [6, 6.07) is 8.46. The van der Waals surface area contributed by atoms with Crippen LogP contribution in [0.3, 0.4) is 0 Å². The van der Waals surface area contributed by atoms with E-state index in [0.29, 0.717) is 16.4 Å². The van der Waals surface area contributed by atoms with Gasteiger partial charge in [0.05, 0.1) is 11.1 Å². The summed E-state index contributed by atoms with van der Waals surface area (Å²) < 4.78 is 12.8. The molecule has 0 aliphatic carbocycles. The lowest BCUT2D eigenvalue weighted by Gasteiger charge is -2.11. The number of carbonyl (C=O) groups is 3. The second-order valence-electron chi connectivity index (χ2n) is 3.93. The summed E-state index contributed by atoms with van der Waals surface area (Å²) in [6.07, 6.45) is 0. The lowest BCUT2D eigenvalue weighted by Crippen LogP contribution is -2.32. The molecule has 0 radical (unpaired) electrons. The van der Waals surface area contributed by atoms with Crippen molar-refractivity contribution in [2.75, 3.05) is 0 Å². The van der Waals surface area contributed by atoms with Crippen LogP contribution in [0.4, 0.5) is 4.39 Å². The Hall–Kier alpha value is -2.54. The number of amides is 2. The van der Waals surface area contributed by atoms with Crippen LogP contribution in [0.5, 0.6) is 0 Å². The number of carbonyl (C=O) groups excluding carboxylic acids is 3. The molecule has 2 aromatic rings. The van der Waals surface area contributed by atoms with Crippen LogP contribution < -0.4 is 0 Å². The third kappa shape index (κ3) is 1.88. The molecule has 0 N–H and O–H groups in total. The summed E-state index contributed by atoms with van der Waals surface area (Å²) in [5.41, 5.74) is 0.338. The topological polar surface area (TPSA) is 63.7 Å². The molecule has 0 bridgehead atoms. The zero-order chi connectivity index (χ0) is 14.3. The number of rotatable bonds is 2. The van der Waals surface area contributed by atoms with Gasteiger partial charge >= 0.3 is 5.97 Å². The van der Waals surface area contributed by atoms with Gasteiger partial charge in [0.25, 0.3) is 11.8 Å². The first-order valence-corrected chi connectivity index (χ1v) is 6.35. The lowest BCUT2D eigenvalue weighted by molar-refractivity contribution is -0.0581. The van der Waals surface area contributed by atoms with Gasteiger partial charge in [-0.2, -0.15) is 4.39 Å². The first kappa shape index (κ1) is 12.5. The van der Waals surface area contributed by atoms with Gasteiger partial charge < -0.3 is 4.84 Å². The molecule has 3 rings (SSSR count). The van der Waals surface area contributed by atoms with Crippen LogP contribution in [-0.4, -0.2) is 22.8 Å². The molecule has 0 unspecified atom stereocenters. The normalized spacial score (nSPS) is 13.6. The number of halogens is 1. The van der Waals surface area contributed by atoms with Gasteiger partial charge in [-0.1, -0.05) is 28.5 Å². The van der Waals surface area contributed by atoms with Gasteiger partial charge in [-0.15, -0.1) is 0 Å². The third-order valence-electron chi connectivity index (χ3n) is 2.71. The molecule has 20 heavy (non-hydrogen) atoms. The summed E-state index contributed by atoms with van der Waals surface area (Å²) in [5, 5.41) is -0.163. The Balaban J connectivity index is 1.85. The molecular formula is C13H6FNO4S. The summed E-state index contributed by atoms with van der Waals surface area (Å²) >= 11 is 0.575. The highest BCUT2D eigenvalue weighted by atomic mass is 32.1. The Labute approximate surface area is 116 Å². The van der Waals surface area contributed by atoms with Crippen molar-refractivity contribution in [3.63, 3.8) is 0 Å². The maximum Gasteiger partial charge on any atom is 0.373 e. The second-order valence-corrected chi connectivity index (χ2v) is 4.97. The smallest absolute Gasteiger partial charge is 0.323 e. The Kier molecular flexibility index (Phi) is 2.83. The summed E-state index contributed by atoms with van der Waals surface area (Å²) in [5.74, 6) is -2.37. The highest BCUT2D eigenvalue weighted by Crippen LogP contribution is 2.24. The summed E-state index contributed by atoms with van der Waals surface area (Å²) in [4.78, 5) is 40.3. The number of imide groups is 1. The predicted octanol–water partition coefficient (Wildman–Crippen LogP) is 2.26. The average Bonchev–Trinajstić information content (AvgIpc) is 2.98. The zero-order valence-electron chi connectivity index (χ0n) is 9.83. The van der Waals surface area contributed by atoms with Crippen LogP contribution in [0, 0.1) is 5.13 Å². The molecule has 1 aliphatic heterocycles. The van der Waals surface area contributed by atoms with Gasteiger partial charge in [-0.3, -0.25) is 9.59 Å². The second kappa shape index (κ2) is 4.53. The Morgan fingerprint density at radius 3 is 2.15 bits per heavy atom. The highest BCUT2D eigenvalue weighted by molar-refractivity contribution is 7.12. The standard InChI is InChI=1S/C13H6FNO4S/c14-10-6-5-9(20-10)13(18)19-15-11(16)7-3-1-2-4-8(7)12(15)17/h1-6H. The number of nitrogens with zero attached hydrogens (tertiary/aromatic N) is 1. The number of hydrogen-bond donors (Lipinski definition) is 0. The minimum Gasteiger partial charge on any atom is -0.323 e. The molecule has 2 amide bonds. The molecule has 1 aromatic carbocycles. The molecule has 0 atom stereocenters. The average molecular weight is 291 g/mol. The van der Waals surface area contributed by atoms with Crippen molar-refractivity contribution in [2.45, 2.75) is 0 Å². The Morgan fingerprint density at radius 2 is 1.65 bits per heavy atom. The molecule has 1 aliphatic rings. The van der Waals surface area contributed by atoms with Gasteiger partial charge in [0, 0.05) is 0 Å². The largest absolute Gasteiger partial charge is 0.373 e. The van der Waals surface area contributed by atoms with E-state index in [4.69, 9.17) is 4.84 Å². The summed E-state index contributed by atoms with van der Waals surface area (Å²) in [6.45, 7) is 0. The molecule has 0 saturated heterocycles. The minimum absolute atomic E-state index is 0.0287. The van der Waals surface area contributed by atoms with E-state index in [-0.39, 0.29) is 16.0 Å². The van der Waals surface area contributed by atoms with Crippen molar-refractivity contribution in [1.82, 2.24) is 5.06 Å². The van der Waals surface area contributed by atoms with Gasteiger partial charge in [0.15, 0.2) is 5.13 Å². The first-order chi connectivity index (χ1) is 9.58. The van der Waals surface area contributed by atoms with Crippen molar-refractivity contribution >= 4 is 29.1 Å². The van der Waals surface area contributed by atoms with E-state index < -0.39 is 22.9 Å². The quantitative estimate of drug-likeness (QED) is 0.796. The maximum atomic E-state index is 12.8. The van der Waals surface area contributed by atoms with E-state index >= 15 is 0 Å².